The zero-order valence-corrected chi connectivity index (χ0v) is 20.6. The van der Waals surface area contributed by atoms with Crippen LogP contribution in [-0.4, -0.2) is 87.7 Å². The Hall–Kier alpha value is -1.83. The second-order valence-electron chi connectivity index (χ2n) is 11.1. The van der Waals surface area contributed by atoms with Gasteiger partial charge in [-0.25, -0.2) is 4.79 Å². The normalized spacial score (nSPS) is 35.2. The number of likely N-dealkylation sites (tertiary alicyclic amines) is 1. The lowest BCUT2D eigenvalue weighted by Crippen LogP contribution is -2.67. The van der Waals surface area contributed by atoms with Crippen LogP contribution in [0.3, 0.4) is 0 Å². The van der Waals surface area contributed by atoms with Crippen LogP contribution in [0.2, 0.25) is 0 Å². The highest BCUT2D eigenvalue weighted by atomic mass is 16.6. The molecule has 8 nitrogen and oxygen atoms in total. The van der Waals surface area contributed by atoms with Crippen LogP contribution in [0.1, 0.15) is 72.6 Å². The van der Waals surface area contributed by atoms with Gasteiger partial charge in [0.1, 0.15) is 0 Å². The predicted octanol–water partition coefficient (Wildman–Crippen LogP) is 2.63. The van der Waals surface area contributed by atoms with Gasteiger partial charge < -0.3 is 24.5 Å². The summed E-state index contributed by atoms with van der Waals surface area (Å²) < 4.78 is 5.57. The third kappa shape index (κ3) is 5.00. The van der Waals surface area contributed by atoms with E-state index in [-0.39, 0.29) is 54.2 Å². The molecular formula is C25H41N3O5. The molecule has 0 bridgehead atoms. The Morgan fingerprint density at radius 3 is 2.12 bits per heavy atom. The van der Waals surface area contributed by atoms with Crippen molar-refractivity contribution in [2.75, 3.05) is 19.6 Å². The number of aliphatic hydroxyl groups is 1. The maximum Gasteiger partial charge on any atom is 0.410 e. The van der Waals surface area contributed by atoms with Crippen molar-refractivity contribution in [2.45, 2.75) is 103 Å². The highest BCUT2D eigenvalue weighted by molar-refractivity contribution is 5.79. The number of ether oxygens (including phenoxy) is 1. The van der Waals surface area contributed by atoms with Gasteiger partial charge in [0.15, 0.2) is 0 Å². The molecule has 1 N–H and O–H groups in total. The molecule has 2 saturated heterocycles. The Bertz CT molecular complexity index is 744. The summed E-state index contributed by atoms with van der Waals surface area (Å²) in [6, 6.07) is 0.0384. The molecule has 33 heavy (non-hydrogen) atoms. The van der Waals surface area contributed by atoms with Crippen molar-refractivity contribution in [2.24, 2.45) is 17.8 Å². The van der Waals surface area contributed by atoms with E-state index in [1.54, 1.807) is 11.8 Å². The smallest absolute Gasteiger partial charge is 0.410 e. The van der Waals surface area contributed by atoms with Gasteiger partial charge in [0, 0.05) is 38.5 Å². The second-order valence-corrected chi connectivity index (χ2v) is 11.1. The number of nitrogens with zero attached hydrogens (tertiary/aromatic N) is 3. The molecule has 0 spiro atoms. The Kier molecular flexibility index (Phi) is 7.22. The van der Waals surface area contributed by atoms with Crippen molar-refractivity contribution >= 4 is 17.9 Å². The molecule has 4 fully saturated rings. The molecule has 0 radical (unpaired) electrons. The standard InChI is InChI=1S/C25H41N3O5/c1-15(2)33-25(32)27-12-16(3)28(17(4)29)22-10-9-20(11-23(22)27)18-5-7-19(8-6-18)24(31)26-13-21(30)14-26/h15-16,18-23,30H,5-14H2,1-4H3/t16-,18?,19?,20?,22?,23?/m0/s1. The minimum atomic E-state index is -0.349. The van der Waals surface area contributed by atoms with E-state index in [0.29, 0.717) is 31.5 Å². The van der Waals surface area contributed by atoms with Gasteiger partial charge >= 0.3 is 6.09 Å². The molecule has 8 heteroatoms. The van der Waals surface area contributed by atoms with Crippen LogP contribution >= 0.6 is 0 Å². The quantitative estimate of drug-likeness (QED) is 0.695. The van der Waals surface area contributed by atoms with E-state index in [1.807, 2.05) is 30.6 Å². The van der Waals surface area contributed by atoms with Crippen LogP contribution in [0.25, 0.3) is 0 Å². The summed E-state index contributed by atoms with van der Waals surface area (Å²) in [5.74, 6) is 1.45. The molecule has 0 aromatic carbocycles. The van der Waals surface area contributed by atoms with Crippen molar-refractivity contribution in [3.8, 4) is 0 Å². The van der Waals surface area contributed by atoms with Crippen molar-refractivity contribution in [3.63, 3.8) is 0 Å². The van der Waals surface area contributed by atoms with Crippen molar-refractivity contribution in [1.29, 1.82) is 0 Å². The van der Waals surface area contributed by atoms with Gasteiger partial charge in [-0.15, -0.1) is 0 Å². The van der Waals surface area contributed by atoms with Crippen LogP contribution < -0.4 is 0 Å². The van der Waals surface area contributed by atoms with E-state index in [0.717, 1.165) is 44.9 Å². The molecule has 3 unspecified atom stereocenters. The van der Waals surface area contributed by atoms with Crippen LogP contribution in [-0.2, 0) is 14.3 Å². The maximum absolute atomic E-state index is 12.9. The molecule has 4 aliphatic rings. The van der Waals surface area contributed by atoms with Gasteiger partial charge in [-0.2, -0.15) is 0 Å². The number of carbonyl (C=O) groups is 3. The number of aliphatic hydroxyl groups excluding tert-OH is 1. The first-order valence-corrected chi connectivity index (χ1v) is 12.9. The number of carbonyl (C=O) groups excluding carboxylic acids is 3. The number of β-amino-alcohol motifs (C(OH)–C–C–N with tert-alkyl or cyclic N) is 1. The molecule has 0 aromatic rings. The summed E-state index contributed by atoms with van der Waals surface area (Å²) in [5.41, 5.74) is 0. The molecule has 2 heterocycles. The summed E-state index contributed by atoms with van der Waals surface area (Å²) in [4.78, 5) is 43.7. The van der Waals surface area contributed by atoms with E-state index in [4.69, 9.17) is 4.74 Å². The SMILES string of the molecule is CC(=O)N1C2CCC(C3CCC(C(=O)N4CC(O)C4)CC3)CC2N(C(=O)OC(C)C)C[C@@H]1C. The Morgan fingerprint density at radius 2 is 1.55 bits per heavy atom. The van der Waals surface area contributed by atoms with Gasteiger partial charge in [-0.3, -0.25) is 9.59 Å². The average molecular weight is 464 g/mol. The summed E-state index contributed by atoms with van der Waals surface area (Å²) >= 11 is 0. The minimum Gasteiger partial charge on any atom is -0.447 e. The largest absolute Gasteiger partial charge is 0.447 e. The third-order valence-electron chi connectivity index (χ3n) is 8.41. The fourth-order valence-electron chi connectivity index (χ4n) is 6.84. The van der Waals surface area contributed by atoms with Crippen molar-refractivity contribution in [1.82, 2.24) is 14.7 Å². The minimum absolute atomic E-state index is 0.00275. The lowest BCUT2D eigenvalue weighted by Gasteiger charge is -2.54. The highest BCUT2D eigenvalue weighted by Gasteiger charge is 2.48. The first-order chi connectivity index (χ1) is 15.7. The molecule has 2 saturated carbocycles. The molecule has 2 aliphatic heterocycles. The van der Waals surface area contributed by atoms with Crippen molar-refractivity contribution in [3.05, 3.63) is 0 Å². The maximum atomic E-state index is 12.9. The third-order valence-corrected chi connectivity index (χ3v) is 8.41. The zero-order valence-electron chi connectivity index (χ0n) is 20.6. The van der Waals surface area contributed by atoms with E-state index in [9.17, 15) is 19.5 Å². The summed E-state index contributed by atoms with van der Waals surface area (Å²) in [5, 5.41) is 9.50. The zero-order chi connectivity index (χ0) is 23.9. The Labute approximate surface area is 197 Å². The molecule has 3 amide bonds. The number of hydrogen-bond donors (Lipinski definition) is 1. The fraction of sp³-hybridized carbons (Fsp3) is 0.880. The van der Waals surface area contributed by atoms with E-state index in [1.165, 1.54) is 0 Å². The highest BCUT2D eigenvalue weighted by Crippen LogP contribution is 2.44. The van der Waals surface area contributed by atoms with Crippen LogP contribution in [0.4, 0.5) is 4.79 Å². The molecule has 0 aromatic heterocycles. The molecule has 4 rings (SSSR count). The molecular weight excluding hydrogens is 422 g/mol. The van der Waals surface area contributed by atoms with Gasteiger partial charge in [0.2, 0.25) is 11.8 Å². The topological polar surface area (TPSA) is 90.4 Å². The fourth-order valence-corrected chi connectivity index (χ4v) is 6.84. The van der Waals surface area contributed by atoms with Crippen LogP contribution in [0.15, 0.2) is 0 Å². The lowest BCUT2D eigenvalue weighted by molar-refractivity contribution is -0.147. The second kappa shape index (κ2) is 9.80. The molecule has 4 atom stereocenters. The summed E-state index contributed by atoms with van der Waals surface area (Å²) in [6.45, 7) is 8.88. The number of rotatable bonds is 3. The summed E-state index contributed by atoms with van der Waals surface area (Å²) in [6.07, 6.45) is 6.00. The van der Waals surface area contributed by atoms with Gasteiger partial charge in [0.25, 0.3) is 0 Å². The van der Waals surface area contributed by atoms with E-state index in [2.05, 4.69) is 0 Å². The Balaban J connectivity index is 1.40. The van der Waals surface area contributed by atoms with E-state index < -0.39 is 0 Å². The number of piperazine rings is 1. The number of amides is 3. The van der Waals surface area contributed by atoms with Crippen molar-refractivity contribution < 1.29 is 24.2 Å². The summed E-state index contributed by atoms with van der Waals surface area (Å²) in [7, 11) is 0. The lowest BCUT2D eigenvalue weighted by atomic mass is 9.68. The molecule has 186 valence electrons. The van der Waals surface area contributed by atoms with E-state index >= 15 is 0 Å². The first-order valence-electron chi connectivity index (χ1n) is 12.9. The Morgan fingerprint density at radius 1 is 0.909 bits per heavy atom. The number of hydrogen-bond acceptors (Lipinski definition) is 5. The predicted molar refractivity (Wildman–Crippen MR) is 123 cm³/mol. The van der Waals surface area contributed by atoms with Gasteiger partial charge in [-0.1, -0.05) is 0 Å². The number of fused-ring (bicyclic) bond motifs is 1. The van der Waals surface area contributed by atoms with Crippen LogP contribution in [0.5, 0.6) is 0 Å². The van der Waals surface area contributed by atoms with Crippen LogP contribution in [0, 0.1) is 17.8 Å². The van der Waals surface area contributed by atoms with Gasteiger partial charge in [-0.05, 0) is 77.6 Å². The van der Waals surface area contributed by atoms with Gasteiger partial charge in [0.05, 0.1) is 24.3 Å². The molecule has 2 aliphatic carbocycles. The average Bonchev–Trinajstić information content (AvgIpc) is 2.75. The first kappa shape index (κ1) is 24.3. The monoisotopic (exact) mass is 463 g/mol.